The molecule has 116 valence electrons. The highest BCUT2D eigenvalue weighted by Gasteiger charge is 2.25. The summed E-state index contributed by atoms with van der Waals surface area (Å²) in [5.41, 5.74) is 1.18. The zero-order valence-corrected chi connectivity index (χ0v) is 12.6. The summed E-state index contributed by atoms with van der Waals surface area (Å²) < 4.78 is 3.29. The Bertz CT molecular complexity index is 702. The van der Waals surface area contributed by atoms with Gasteiger partial charge in [0.1, 0.15) is 5.56 Å². The third kappa shape index (κ3) is 2.55. The van der Waals surface area contributed by atoms with Gasteiger partial charge in [0, 0.05) is 38.0 Å². The van der Waals surface area contributed by atoms with Crippen molar-refractivity contribution in [3.8, 4) is 5.82 Å². The molecule has 2 heterocycles. The molecule has 0 bridgehead atoms. The summed E-state index contributed by atoms with van der Waals surface area (Å²) in [5.74, 6) is 0.580. The van der Waals surface area contributed by atoms with Gasteiger partial charge in [-0.2, -0.15) is 10.2 Å². The Morgan fingerprint density at radius 2 is 2.32 bits per heavy atom. The van der Waals surface area contributed by atoms with Crippen LogP contribution in [0, 0.1) is 12.8 Å². The third-order valence-electron chi connectivity index (χ3n) is 3.86. The molecule has 0 saturated carbocycles. The molecule has 0 radical (unpaired) electrons. The third-order valence-corrected chi connectivity index (χ3v) is 3.86. The first-order valence-corrected chi connectivity index (χ1v) is 7.23. The van der Waals surface area contributed by atoms with Crippen LogP contribution in [0.25, 0.3) is 5.82 Å². The average Bonchev–Trinajstić information content (AvgIpc) is 3.18. The molecule has 3 rings (SSSR count). The standard InChI is InChI=1S/C15H19N5O2/c1-10-13(14(22)17-12-5-4-11(8-12)9-21)15(19(2)18-10)20-7-3-6-16-20/h3-7,11-12,21H,8-9H2,1-2H3,(H,17,22)/t11-,12+/m0/s1. The van der Waals surface area contributed by atoms with E-state index in [1.165, 1.54) is 0 Å². The zero-order chi connectivity index (χ0) is 15.7. The molecule has 1 aliphatic carbocycles. The second-order valence-electron chi connectivity index (χ2n) is 5.50. The Hall–Kier alpha value is -2.41. The van der Waals surface area contributed by atoms with E-state index in [4.69, 9.17) is 5.11 Å². The zero-order valence-electron chi connectivity index (χ0n) is 12.6. The largest absolute Gasteiger partial charge is 0.396 e. The summed E-state index contributed by atoms with van der Waals surface area (Å²) in [6, 6.07) is 1.74. The fourth-order valence-electron chi connectivity index (χ4n) is 2.83. The second-order valence-corrected chi connectivity index (χ2v) is 5.50. The quantitative estimate of drug-likeness (QED) is 0.809. The Morgan fingerprint density at radius 1 is 1.50 bits per heavy atom. The number of hydrogen-bond donors (Lipinski definition) is 2. The van der Waals surface area contributed by atoms with Gasteiger partial charge in [0.05, 0.1) is 5.69 Å². The Morgan fingerprint density at radius 3 is 2.95 bits per heavy atom. The van der Waals surface area contributed by atoms with Gasteiger partial charge in [-0.05, 0) is 19.4 Å². The van der Waals surface area contributed by atoms with E-state index >= 15 is 0 Å². The van der Waals surface area contributed by atoms with Gasteiger partial charge in [0.15, 0.2) is 5.82 Å². The molecule has 0 spiro atoms. The number of aromatic nitrogens is 4. The first-order valence-electron chi connectivity index (χ1n) is 7.23. The highest BCUT2D eigenvalue weighted by molar-refractivity contribution is 5.98. The maximum absolute atomic E-state index is 12.6. The minimum atomic E-state index is -0.177. The Kier molecular flexibility index (Phi) is 3.81. The monoisotopic (exact) mass is 301 g/mol. The lowest BCUT2D eigenvalue weighted by Gasteiger charge is -2.13. The van der Waals surface area contributed by atoms with E-state index in [2.05, 4.69) is 15.5 Å². The van der Waals surface area contributed by atoms with Gasteiger partial charge in [0.25, 0.3) is 5.91 Å². The molecule has 1 aliphatic rings. The maximum Gasteiger partial charge on any atom is 0.257 e. The van der Waals surface area contributed by atoms with Crippen LogP contribution in [0.2, 0.25) is 0 Å². The number of amides is 1. The van der Waals surface area contributed by atoms with Crippen LogP contribution in [-0.2, 0) is 7.05 Å². The van der Waals surface area contributed by atoms with E-state index in [1.807, 2.05) is 19.1 Å². The highest BCUT2D eigenvalue weighted by Crippen LogP contribution is 2.20. The Balaban J connectivity index is 1.86. The van der Waals surface area contributed by atoms with E-state index in [0.717, 1.165) is 6.42 Å². The number of nitrogens with one attached hydrogen (secondary N) is 1. The molecule has 2 N–H and O–H groups in total. The van der Waals surface area contributed by atoms with Crippen LogP contribution in [0.1, 0.15) is 22.5 Å². The normalized spacial score (nSPS) is 20.5. The van der Waals surface area contributed by atoms with Crippen LogP contribution in [0.4, 0.5) is 0 Å². The number of nitrogens with zero attached hydrogens (tertiary/aromatic N) is 4. The van der Waals surface area contributed by atoms with Gasteiger partial charge < -0.3 is 10.4 Å². The number of carbonyl (C=O) groups is 1. The van der Waals surface area contributed by atoms with Gasteiger partial charge in [-0.15, -0.1) is 0 Å². The molecule has 2 atom stereocenters. The van der Waals surface area contributed by atoms with Crippen molar-refractivity contribution >= 4 is 5.91 Å². The predicted molar refractivity (Wildman–Crippen MR) is 80.7 cm³/mol. The summed E-state index contributed by atoms with van der Waals surface area (Å²) in [4.78, 5) is 12.6. The lowest BCUT2D eigenvalue weighted by atomic mass is 10.1. The van der Waals surface area contributed by atoms with Crippen LogP contribution < -0.4 is 5.32 Å². The number of aliphatic hydroxyl groups is 1. The van der Waals surface area contributed by atoms with Crippen LogP contribution >= 0.6 is 0 Å². The van der Waals surface area contributed by atoms with Crippen LogP contribution in [0.3, 0.4) is 0 Å². The minimum Gasteiger partial charge on any atom is -0.396 e. The highest BCUT2D eigenvalue weighted by atomic mass is 16.3. The van der Waals surface area contributed by atoms with E-state index in [1.54, 1.807) is 34.9 Å². The number of rotatable bonds is 4. The fourth-order valence-corrected chi connectivity index (χ4v) is 2.83. The predicted octanol–water partition coefficient (Wildman–Crippen LogP) is 0.581. The molecule has 1 amide bonds. The van der Waals surface area contributed by atoms with Gasteiger partial charge in [-0.3, -0.25) is 4.79 Å². The topological polar surface area (TPSA) is 85.0 Å². The molecule has 2 aromatic rings. The molecule has 22 heavy (non-hydrogen) atoms. The van der Waals surface area contributed by atoms with E-state index < -0.39 is 0 Å². The molecule has 0 aliphatic heterocycles. The van der Waals surface area contributed by atoms with Gasteiger partial charge in [-0.25, -0.2) is 9.36 Å². The molecule has 7 heteroatoms. The first kappa shape index (κ1) is 14.5. The molecule has 0 saturated heterocycles. The second kappa shape index (κ2) is 5.76. The molecule has 0 aromatic carbocycles. The van der Waals surface area contributed by atoms with Crippen LogP contribution in [0.5, 0.6) is 0 Å². The van der Waals surface area contributed by atoms with Crippen molar-refractivity contribution in [3.05, 3.63) is 41.9 Å². The van der Waals surface area contributed by atoms with E-state index in [9.17, 15) is 4.79 Å². The lowest BCUT2D eigenvalue weighted by molar-refractivity contribution is 0.0940. The fraction of sp³-hybridized carbons (Fsp3) is 0.400. The van der Waals surface area contributed by atoms with Crippen molar-refractivity contribution in [1.29, 1.82) is 0 Å². The molecule has 0 fully saturated rings. The van der Waals surface area contributed by atoms with Crippen molar-refractivity contribution < 1.29 is 9.90 Å². The van der Waals surface area contributed by atoms with Crippen LogP contribution in [-0.4, -0.2) is 43.2 Å². The lowest BCUT2D eigenvalue weighted by Crippen LogP contribution is -2.33. The number of aliphatic hydroxyl groups excluding tert-OH is 1. The molecular formula is C15H19N5O2. The van der Waals surface area contributed by atoms with Crippen molar-refractivity contribution in [3.63, 3.8) is 0 Å². The number of aryl methyl sites for hydroxylation is 2. The Labute approximate surface area is 128 Å². The smallest absolute Gasteiger partial charge is 0.257 e. The summed E-state index contributed by atoms with van der Waals surface area (Å²) >= 11 is 0. The van der Waals surface area contributed by atoms with Crippen molar-refractivity contribution in [1.82, 2.24) is 24.9 Å². The average molecular weight is 301 g/mol. The van der Waals surface area contributed by atoms with Crippen molar-refractivity contribution in [2.24, 2.45) is 13.0 Å². The summed E-state index contributed by atoms with van der Waals surface area (Å²) in [6.45, 7) is 1.91. The maximum atomic E-state index is 12.6. The minimum absolute atomic E-state index is 0.0604. The van der Waals surface area contributed by atoms with E-state index in [0.29, 0.717) is 17.1 Å². The molecule has 7 nitrogen and oxygen atoms in total. The first-order chi connectivity index (χ1) is 10.6. The molecule has 0 unspecified atom stereocenters. The number of carbonyl (C=O) groups excluding carboxylic acids is 1. The summed E-state index contributed by atoms with van der Waals surface area (Å²) in [7, 11) is 1.79. The molecule has 2 aromatic heterocycles. The van der Waals surface area contributed by atoms with Gasteiger partial charge >= 0.3 is 0 Å². The van der Waals surface area contributed by atoms with Crippen LogP contribution in [0.15, 0.2) is 30.6 Å². The van der Waals surface area contributed by atoms with Gasteiger partial charge in [0.2, 0.25) is 0 Å². The summed E-state index contributed by atoms with van der Waals surface area (Å²) in [5, 5.41) is 20.7. The number of hydrogen-bond acceptors (Lipinski definition) is 4. The van der Waals surface area contributed by atoms with Crippen molar-refractivity contribution in [2.75, 3.05) is 6.61 Å². The molecular weight excluding hydrogens is 282 g/mol. The summed E-state index contributed by atoms with van der Waals surface area (Å²) in [6.07, 6.45) is 8.03. The van der Waals surface area contributed by atoms with Gasteiger partial charge in [-0.1, -0.05) is 12.2 Å². The SMILES string of the molecule is Cc1nn(C)c(-n2cccn2)c1C(=O)N[C@@H]1C=C[C@H](CO)C1. The van der Waals surface area contributed by atoms with E-state index in [-0.39, 0.29) is 24.5 Å². The van der Waals surface area contributed by atoms with Crippen molar-refractivity contribution in [2.45, 2.75) is 19.4 Å².